The minimum Gasteiger partial charge on any atom is -0.336 e. The van der Waals surface area contributed by atoms with Gasteiger partial charge in [-0.3, -0.25) is 9.69 Å². The van der Waals surface area contributed by atoms with Crippen molar-refractivity contribution in [2.45, 2.75) is 46.1 Å². The Morgan fingerprint density at radius 3 is 2.33 bits per heavy atom. The van der Waals surface area contributed by atoms with Gasteiger partial charge < -0.3 is 10.6 Å². The molecule has 1 aliphatic rings. The number of benzene rings is 1. The number of carbonyl (C=O) groups is 2. The Balaban J connectivity index is 2.01. The van der Waals surface area contributed by atoms with Crippen LogP contribution in [0.2, 0.25) is 0 Å². The van der Waals surface area contributed by atoms with Crippen molar-refractivity contribution in [3.63, 3.8) is 0 Å². The van der Waals surface area contributed by atoms with Gasteiger partial charge in [-0.1, -0.05) is 52.0 Å². The van der Waals surface area contributed by atoms with Crippen LogP contribution in [0.25, 0.3) is 0 Å². The topological polar surface area (TPSA) is 66.0 Å². The average Bonchev–Trinajstić information content (AvgIpc) is 3.00. The fraction of sp³-hybridized carbons (Fsp3) is 0.579. The van der Waals surface area contributed by atoms with E-state index >= 15 is 0 Å². The predicted octanol–water partition coefficient (Wildman–Crippen LogP) is 2.01. The molecule has 24 heavy (non-hydrogen) atoms. The minimum absolute atomic E-state index is 0.119. The van der Waals surface area contributed by atoms with E-state index in [1.165, 1.54) is 16.0 Å². The Morgan fingerprint density at radius 2 is 1.83 bits per heavy atom. The summed E-state index contributed by atoms with van der Waals surface area (Å²) in [6.45, 7) is 10.1. The van der Waals surface area contributed by atoms with E-state index in [0.29, 0.717) is 31.5 Å². The molecule has 0 radical (unpaired) electrons. The molecule has 5 nitrogen and oxygen atoms in total. The van der Waals surface area contributed by atoms with Crippen LogP contribution in [0.15, 0.2) is 24.3 Å². The molecule has 1 fully saturated rings. The lowest BCUT2D eigenvalue weighted by molar-refractivity contribution is -0.692. The first kappa shape index (κ1) is 18.5. The molecule has 1 aromatic rings. The Hall–Kier alpha value is -1.88. The lowest BCUT2D eigenvalue weighted by Crippen LogP contribution is -2.88. The maximum Gasteiger partial charge on any atom is 0.324 e. The SMILES string of the molecule is CC[C@@H](C)c1ccc([C@H]([NH2+]CC(=O)N2CCNC2=O)C(C)C)cc1. The molecule has 0 aromatic heterocycles. The van der Waals surface area contributed by atoms with E-state index in [9.17, 15) is 9.59 Å². The van der Waals surface area contributed by atoms with Crippen LogP contribution in [0, 0.1) is 5.92 Å². The van der Waals surface area contributed by atoms with Crippen molar-refractivity contribution in [3.05, 3.63) is 35.4 Å². The Bertz CT molecular complexity index is 568. The van der Waals surface area contributed by atoms with Crippen molar-refractivity contribution in [2.75, 3.05) is 19.6 Å². The van der Waals surface area contributed by atoms with Gasteiger partial charge in [-0.25, -0.2) is 4.79 Å². The molecule has 0 aliphatic carbocycles. The summed E-state index contributed by atoms with van der Waals surface area (Å²) in [5.74, 6) is 0.849. The Labute approximate surface area is 144 Å². The first-order valence-electron chi connectivity index (χ1n) is 8.95. The maximum absolute atomic E-state index is 12.2. The molecule has 132 valence electrons. The van der Waals surface area contributed by atoms with Gasteiger partial charge in [0.15, 0.2) is 6.54 Å². The summed E-state index contributed by atoms with van der Waals surface area (Å²) in [5.41, 5.74) is 2.59. The second kappa shape index (κ2) is 8.29. The molecule has 2 rings (SSSR count). The second-order valence-electron chi connectivity index (χ2n) is 6.96. The molecule has 5 heteroatoms. The molecule has 3 amide bonds. The van der Waals surface area contributed by atoms with Crippen molar-refractivity contribution in [1.82, 2.24) is 10.2 Å². The third-order valence-electron chi connectivity index (χ3n) is 4.93. The highest BCUT2D eigenvalue weighted by atomic mass is 16.2. The zero-order valence-electron chi connectivity index (χ0n) is 15.2. The number of quaternary nitrogens is 1. The van der Waals surface area contributed by atoms with Crippen molar-refractivity contribution in [2.24, 2.45) is 5.92 Å². The summed E-state index contributed by atoms with van der Waals surface area (Å²) in [6, 6.07) is 8.69. The number of urea groups is 1. The zero-order valence-corrected chi connectivity index (χ0v) is 15.2. The van der Waals surface area contributed by atoms with Gasteiger partial charge in [0.2, 0.25) is 0 Å². The number of nitrogens with one attached hydrogen (secondary N) is 1. The third kappa shape index (κ3) is 4.35. The molecule has 1 aromatic carbocycles. The van der Waals surface area contributed by atoms with Gasteiger partial charge in [0.05, 0.1) is 0 Å². The van der Waals surface area contributed by atoms with Crippen molar-refractivity contribution in [1.29, 1.82) is 0 Å². The lowest BCUT2D eigenvalue weighted by atomic mass is 9.92. The molecule has 1 aliphatic heterocycles. The molecule has 1 saturated heterocycles. The minimum atomic E-state index is -0.271. The molecular weight excluding hydrogens is 302 g/mol. The fourth-order valence-corrected chi connectivity index (χ4v) is 3.12. The molecule has 0 bridgehead atoms. The van der Waals surface area contributed by atoms with Gasteiger partial charge in [-0.15, -0.1) is 0 Å². The van der Waals surface area contributed by atoms with Crippen LogP contribution in [-0.4, -0.2) is 36.5 Å². The van der Waals surface area contributed by atoms with Crippen LogP contribution in [0.4, 0.5) is 4.79 Å². The highest BCUT2D eigenvalue weighted by Gasteiger charge is 2.28. The Kier molecular flexibility index (Phi) is 6.37. The zero-order chi connectivity index (χ0) is 17.7. The summed E-state index contributed by atoms with van der Waals surface area (Å²) in [7, 11) is 0. The first-order valence-corrected chi connectivity index (χ1v) is 8.95. The number of nitrogens with two attached hydrogens (primary N) is 1. The molecule has 3 N–H and O–H groups in total. The van der Waals surface area contributed by atoms with Crippen molar-refractivity contribution >= 4 is 11.9 Å². The highest BCUT2D eigenvalue weighted by molar-refractivity contribution is 5.96. The van der Waals surface area contributed by atoms with Gasteiger partial charge in [0, 0.05) is 24.6 Å². The van der Waals surface area contributed by atoms with E-state index in [2.05, 4.69) is 62.6 Å². The van der Waals surface area contributed by atoms with E-state index in [4.69, 9.17) is 0 Å². The van der Waals surface area contributed by atoms with E-state index < -0.39 is 0 Å². The van der Waals surface area contributed by atoms with Crippen LogP contribution < -0.4 is 10.6 Å². The number of hydrogen-bond donors (Lipinski definition) is 2. The number of imide groups is 1. The Morgan fingerprint density at radius 1 is 1.21 bits per heavy atom. The number of carbonyl (C=O) groups excluding carboxylic acids is 2. The fourth-order valence-electron chi connectivity index (χ4n) is 3.12. The maximum atomic E-state index is 12.2. The van der Waals surface area contributed by atoms with Crippen LogP contribution in [0.5, 0.6) is 0 Å². The van der Waals surface area contributed by atoms with Gasteiger partial charge in [0.25, 0.3) is 5.91 Å². The second-order valence-corrected chi connectivity index (χ2v) is 6.96. The molecule has 1 heterocycles. The van der Waals surface area contributed by atoms with E-state index in [1.54, 1.807) is 0 Å². The third-order valence-corrected chi connectivity index (χ3v) is 4.93. The molecule has 0 saturated carbocycles. The van der Waals surface area contributed by atoms with E-state index in [-0.39, 0.29) is 18.0 Å². The van der Waals surface area contributed by atoms with Crippen molar-refractivity contribution in [3.8, 4) is 0 Å². The van der Waals surface area contributed by atoms with Gasteiger partial charge in [-0.05, 0) is 17.9 Å². The van der Waals surface area contributed by atoms with E-state index in [1.807, 2.05) is 0 Å². The van der Waals surface area contributed by atoms with Gasteiger partial charge in [0.1, 0.15) is 6.04 Å². The average molecular weight is 332 g/mol. The number of hydrogen-bond acceptors (Lipinski definition) is 2. The molecule has 0 spiro atoms. The highest BCUT2D eigenvalue weighted by Crippen LogP contribution is 2.23. The van der Waals surface area contributed by atoms with Gasteiger partial charge >= 0.3 is 6.03 Å². The summed E-state index contributed by atoms with van der Waals surface area (Å²) in [5, 5.41) is 4.72. The predicted molar refractivity (Wildman–Crippen MR) is 94.6 cm³/mol. The summed E-state index contributed by atoms with van der Waals surface area (Å²) >= 11 is 0. The summed E-state index contributed by atoms with van der Waals surface area (Å²) in [4.78, 5) is 25.1. The number of nitrogens with zero attached hydrogens (tertiary/aromatic N) is 1. The number of rotatable bonds is 7. The van der Waals surface area contributed by atoms with Crippen molar-refractivity contribution < 1.29 is 14.9 Å². The number of amides is 3. The van der Waals surface area contributed by atoms with E-state index in [0.717, 1.165) is 6.42 Å². The monoisotopic (exact) mass is 332 g/mol. The normalized spacial score (nSPS) is 17.0. The standard InChI is InChI=1S/C19H29N3O2/c1-5-14(4)15-6-8-16(9-7-15)18(13(2)3)21-12-17(23)22-11-10-20-19(22)24/h6-9,13-14,18,21H,5,10-12H2,1-4H3,(H,20,24)/p+1/t14-,18-/m1/s1. The van der Waals surface area contributed by atoms with Crippen LogP contribution >= 0.6 is 0 Å². The largest absolute Gasteiger partial charge is 0.336 e. The molecular formula is C19H30N3O2+. The quantitative estimate of drug-likeness (QED) is 0.802. The summed E-state index contributed by atoms with van der Waals surface area (Å²) < 4.78 is 0. The van der Waals surface area contributed by atoms with Crippen LogP contribution in [0.3, 0.4) is 0 Å². The molecule has 0 unspecified atom stereocenters. The lowest BCUT2D eigenvalue weighted by Gasteiger charge is -2.21. The van der Waals surface area contributed by atoms with Gasteiger partial charge in [-0.2, -0.15) is 0 Å². The summed E-state index contributed by atoms with van der Waals surface area (Å²) in [6.07, 6.45) is 1.13. The van der Waals surface area contributed by atoms with Crippen LogP contribution in [0.1, 0.15) is 57.2 Å². The van der Waals surface area contributed by atoms with Crippen LogP contribution in [-0.2, 0) is 4.79 Å². The first-order chi connectivity index (χ1) is 11.4. The smallest absolute Gasteiger partial charge is 0.324 e. The molecule has 2 atom stereocenters.